The van der Waals surface area contributed by atoms with E-state index in [4.69, 9.17) is 4.74 Å². The fourth-order valence-corrected chi connectivity index (χ4v) is 2.64. The zero-order chi connectivity index (χ0) is 12.8. The fraction of sp³-hybridized carbons (Fsp3) is 0. The molecule has 0 spiro atoms. The average Bonchev–Trinajstić information content (AvgIpc) is 2.33. The number of esters is 1. The zero-order valence-corrected chi connectivity index (χ0v) is 11.0. The fourth-order valence-electron chi connectivity index (χ4n) is 0.924. The minimum absolute atomic E-state index is 0.0198. The average molecular weight is 345 g/mol. The number of halogens is 1. The molecule has 1 N–H and O–H groups in total. The Morgan fingerprint density at radius 2 is 2.00 bits per heavy atom. The number of benzene rings is 1. The van der Waals surface area contributed by atoms with Crippen molar-refractivity contribution >= 4 is 9.76 Å². The summed E-state index contributed by atoms with van der Waals surface area (Å²) in [5.74, 6) is -0.291. The minimum atomic E-state index is -1.03. The van der Waals surface area contributed by atoms with Crippen molar-refractivity contribution in [2.75, 3.05) is 0 Å². The van der Waals surface area contributed by atoms with E-state index >= 15 is 0 Å². The quantitative estimate of drug-likeness (QED) is 0.231. The number of allylic oxidation sites excluding steroid dienone is 1. The van der Waals surface area contributed by atoms with Gasteiger partial charge in [0.2, 0.25) is 0 Å². The summed E-state index contributed by atoms with van der Waals surface area (Å²) in [6.45, 7) is 6.64. The van der Waals surface area contributed by atoms with Gasteiger partial charge in [0.15, 0.2) is 0 Å². The first-order valence-corrected chi connectivity index (χ1v) is 6.71. The Bertz CT molecular complexity index is 479. The van der Waals surface area contributed by atoms with Crippen LogP contribution < -0.4 is 25.9 Å². The van der Waals surface area contributed by atoms with Gasteiger partial charge < -0.3 is 0 Å². The van der Waals surface area contributed by atoms with Gasteiger partial charge in [-0.05, 0) is 0 Å². The first kappa shape index (κ1) is 13.4. The van der Waals surface area contributed by atoms with Gasteiger partial charge in [0.25, 0.3) is 0 Å². The van der Waals surface area contributed by atoms with Crippen molar-refractivity contribution in [2.24, 2.45) is 0 Å². The molecule has 0 radical (unpaired) electrons. The van der Waals surface area contributed by atoms with E-state index < -0.39 is 27.2 Å². The van der Waals surface area contributed by atoms with Crippen molar-refractivity contribution in [3.8, 4) is 11.5 Å². The molecule has 0 amide bonds. The van der Waals surface area contributed by atoms with Crippen molar-refractivity contribution in [2.45, 2.75) is 0 Å². The summed E-state index contributed by atoms with van der Waals surface area (Å²) in [6.07, 6.45) is 2.26. The number of carbonyl (C=O) groups excluding carboxylic acids is 2. The van der Waals surface area contributed by atoms with Crippen molar-refractivity contribution in [1.29, 1.82) is 0 Å². The number of aromatic hydroxyl groups is 1. The van der Waals surface area contributed by atoms with Gasteiger partial charge in [-0.3, -0.25) is 0 Å². The van der Waals surface area contributed by atoms with Crippen molar-refractivity contribution < 1.29 is 40.6 Å². The molecule has 1 aromatic rings. The molecule has 0 aliphatic carbocycles. The Hall–Kier alpha value is -1.63. The first-order valence-electron chi connectivity index (χ1n) is 4.55. The van der Waals surface area contributed by atoms with Gasteiger partial charge in [-0.15, -0.1) is 0 Å². The van der Waals surface area contributed by atoms with Crippen LogP contribution in [-0.4, -0.2) is 14.9 Å². The van der Waals surface area contributed by atoms with Crippen molar-refractivity contribution in [3.63, 3.8) is 0 Å². The molecule has 0 fully saturated rings. The second kappa shape index (κ2) is 6.19. The van der Waals surface area contributed by atoms with Crippen LogP contribution in [0.25, 0.3) is 0 Å². The Morgan fingerprint density at radius 1 is 1.29 bits per heavy atom. The molecule has 17 heavy (non-hydrogen) atoms. The SMILES string of the molecule is C=CC(=O)Oc1ccc(O)c([I-]C(=O)C=C)c1. The van der Waals surface area contributed by atoms with E-state index in [1.54, 1.807) is 0 Å². The van der Waals surface area contributed by atoms with E-state index in [0.717, 1.165) is 6.08 Å². The topological polar surface area (TPSA) is 63.6 Å². The number of carbonyl (C=O) groups is 2. The third kappa shape index (κ3) is 4.03. The third-order valence-electron chi connectivity index (χ3n) is 1.66. The molecule has 0 aliphatic heterocycles. The molecule has 0 aromatic heterocycles. The summed E-state index contributed by atoms with van der Waals surface area (Å²) in [5.41, 5.74) is 0. The Morgan fingerprint density at radius 3 is 2.59 bits per heavy atom. The van der Waals surface area contributed by atoms with Crippen LogP contribution in [0.4, 0.5) is 0 Å². The van der Waals surface area contributed by atoms with Crippen LogP contribution in [0.2, 0.25) is 0 Å². The number of hydrogen-bond acceptors (Lipinski definition) is 4. The van der Waals surface area contributed by atoms with Gasteiger partial charge in [0.1, 0.15) is 0 Å². The normalized spacial score (nSPS) is 9.65. The van der Waals surface area contributed by atoms with Crippen LogP contribution in [0.3, 0.4) is 0 Å². The molecule has 5 heteroatoms. The second-order valence-electron chi connectivity index (χ2n) is 2.84. The molecule has 0 heterocycles. The third-order valence-corrected chi connectivity index (χ3v) is 4.08. The zero-order valence-electron chi connectivity index (χ0n) is 8.85. The monoisotopic (exact) mass is 345 g/mol. The van der Waals surface area contributed by atoms with Crippen LogP contribution >= 0.6 is 0 Å². The van der Waals surface area contributed by atoms with Gasteiger partial charge >= 0.3 is 109 Å². The van der Waals surface area contributed by atoms with Crippen LogP contribution in [0.15, 0.2) is 43.5 Å². The first-order chi connectivity index (χ1) is 8.06. The predicted octanol–water partition coefficient (Wildman–Crippen LogP) is -1.55. The number of phenols is 1. The Labute approximate surface area is 109 Å². The van der Waals surface area contributed by atoms with E-state index in [1.165, 1.54) is 24.3 Å². The molecule has 0 aliphatic rings. The van der Waals surface area contributed by atoms with Gasteiger partial charge in [-0.2, -0.15) is 0 Å². The summed E-state index contributed by atoms with van der Waals surface area (Å²) in [5, 5.41) is 9.55. The predicted molar refractivity (Wildman–Crippen MR) is 57.8 cm³/mol. The van der Waals surface area contributed by atoms with Crippen LogP contribution in [-0.2, 0) is 9.59 Å². The summed E-state index contributed by atoms with van der Waals surface area (Å²) in [7, 11) is 0. The molecule has 0 bridgehead atoms. The summed E-state index contributed by atoms with van der Waals surface area (Å²) >= 11 is -1.03. The van der Waals surface area contributed by atoms with Crippen LogP contribution in [0, 0.1) is 3.57 Å². The van der Waals surface area contributed by atoms with Gasteiger partial charge in [-0.1, -0.05) is 0 Å². The molecule has 4 nitrogen and oxygen atoms in total. The molecule has 0 atom stereocenters. The number of ether oxygens (including phenoxy) is 1. The number of rotatable bonds is 5. The maximum absolute atomic E-state index is 11.2. The van der Waals surface area contributed by atoms with E-state index in [1.807, 2.05) is 0 Å². The second-order valence-corrected chi connectivity index (χ2v) is 5.61. The van der Waals surface area contributed by atoms with E-state index in [9.17, 15) is 14.7 Å². The van der Waals surface area contributed by atoms with Gasteiger partial charge in [-0.25, -0.2) is 0 Å². The molecular formula is C12H10IO4-. The number of hydrogen-bond donors (Lipinski definition) is 1. The molecule has 0 saturated carbocycles. The molecule has 1 rings (SSSR count). The van der Waals surface area contributed by atoms with Crippen molar-refractivity contribution in [1.82, 2.24) is 0 Å². The molecular weight excluding hydrogens is 335 g/mol. The Balaban J connectivity index is 2.93. The summed E-state index contributed by atoms with van der Waals surface area (Å²) < 4.78 is 5.26. The summed E-state index contributed by atoms with van der Waals surface area (Å²) in [6, 6.07) is 4.31. The van der Waals surface area contributed by atoms with Crippen LogP contribution in [0.5, 0.6) is 11.5 Å². The molecule has 0 unspecified atom stereocenters. The van der Waals surface area contributed by atoms with Gasteiger partial charge in [0.05, 0.1) is 0 Å². The molecule has 1 aromatic carbocycles. The summed E-state index contributed by atoms with van der Waals surface area (Å²) in [4.78, 5) is 22.2. The van der Waals surface area contributed by atoms with E-state index in [2.05, 4.69) is 13.2 Å². The van der Waals surface area contributed by atoms with Crippen LogP contribution in [0.1, 0.15) is 0 Å². The maximum atomic E-state index is 11.2. The Kier molecular flexibility index (Phi) is 4.89. The van der Waals surface area contributed by atoms with E-state index in [0.29, 0.717) is 3.57 Å². The molecule has 0 saturated heterocycles. The van der Waals surface area contributed by atoms with Gasteiger partial charge in [0, 0.05) is 0 Å². The van der Waals surface area contributed by atoms with E-state index in [-0.39, 0.29) is 15.3 Å². The number of phenolic OH excluding ortho intramolecular Hbond substituents is 1. The molecule has 90 valence electrons. The standard InChI is InChI=1S/C12H10IO4/c1-3-11(15)13-9-7-8(5-6-10(9)14)17-12(16)4-2/h3-7,14H,1-2H2/q-1. The van der Waals surface area contributed by atoms with Crippen molar-refractivity contribution in [3.05, 3.63) is 47.1 Å².